The van der Waals surface area contributed by atoms with E-state index in [4.69, 9.17) is 4.42 Å². The molecule has 2 aliphatic carbocycles. The van der Waals surface area contributed by atoms with Crippen LogP contribution in [0.4, 0.5) is 34.1 Å². The average molecular weight is 789 g/mol. The fourth-order valence-corrected chi connectivity index (χ4v) is 9.67. The van der Waals surface area contributed by atoms with Crippen LogP contribution in [0.5, 0.6) is 0 Å². The van der Waals surface area contributed by atoms with Crippen molar-refractivity contribution in [2.45, 2.75) is 38.5 Å². The molecule has 0 saturated heterocycles. The Hall–Kier alpha value is -7.50. The van der Waals surface area contributed by atoms with E-state index in [1.54, 1.807) is 0 Å². The van der Waals surface area contributed by atoms with Gasteiger partial charge in [-0.05, 0) is 142 Å². The van der Waals surface area contributed by atoms with Crippen LogP contribution in [0.15, 0.2) is 199 Å². The first-order valence-corrected chi connectivity index (χ1v) is 21.0. The molecular formula is C56H44N4O. The maximum Gasteiger partial charge on any atom is 0.248 e. The number of aromatic nitrogens is 2. The van der Waals surface area contributed by atoms with Crippen LogP contribution in [-0.4, -0.2) is 10.2 Å². The van der Waals surface area contributed by atoms with Crippen LogP contribution in [0.25, 0.3) is 45.2 Å². The summed E-state index contributed by atoms with van der Waals surface area (Å²) in [5.41, 5.74) is 18.6. The average Bonchev–Trinajstić information content (AvgIpc) is 3.95. The maximum atomic E-state index is 6.35. The summed E-state index contributed by atoms with van der Waals surface area (Å²) in [6.07, 6.45) is 0. The number of para-hydroxylation sites is 2. The fourth-order valence-electron chi connectivity index (χ4n) is 9.67. The standard InChI is InChI=1S/C56H44N4O/c1-55(2)49-21-13-11-19-45(49)47-33-31-43(35-51(47)55)59(39-15-7-5-8-16-39)41-27-23-37(24-28-41)53-57-58-54(61-53)38-25-29-42(30-26-38)60(40-17-9-6-10-18-40)44-32-34-48-46-20-12-14-22-50(46)56(3,4)52(48)36-44/h5-36H,1-4H3. The smallest absolute Gasteiger partial charge is 0.248 e. The predicted octanol–water partition coefficient (Wildman–Crippen LogP) is 15.0. The zero-order chi connectivity index (χ0) is 41.3. The van der Waals surface area contributed by atoms with Gasteiger partial charge in [0.25, 0.3) is 0 Å². The van der Waals surface area contributed by atoms with E-state index in [1.165, 1.54) is 44.5 Å². The van der Waals surface area contributed by atoms with Crippen LogP contribution in [0.3, 0.4) is 0 Å². The van der Waals surface area contributed by atoms with Crippen LogP contribution < -0.4 is 9.80 Å². The largest absolute Gasteiger partial charge is 0.416 e. The first kappa shape index (κ1) is 36.6. The molecule has 1 heterocycles. The van der Waals surface area contributed by atoms with Crippen molar-refractivity contribution in [1.29, 1.82) is 0 Å². The Kier molecular flexibility index (Phi) is 8.43. The molecule has 0 unspecified atom stereocenters. The van der Waals surface area contributed by atoms with Crippen LogP contribution in [0.1, 0.15) is 49.9 Å². The van der Waals surface area contributed by atoms with Crippen molar-refractivity contribution in [3.63, 3.8) is 0 Å². The molecule has 5 nitrogen and oxygen atoms in total. The van der Waals surface area contributed by atoms with Crippen molar-refractivity contribution < 1.29 is 4.42 Å². The molecule has 0 saturated carbocycles. The third-order valence-electron chi connectivity index (χ3n) is 12.8. The SMILES string of the molecule is CC1(C)c2ccccc2-c2ccc(N(c3ccccc3)c3ccc(-c4nnc(-c5ccc(N(c6ccccc6)c6ccc7c(c6)C(C)(C)c6ccccc6-7)cc5)o4)cc3)cc21. The van der Waals surface area contributed by atoms with Gasteiger partial charge in [-0.15, -0.1) is 10.2 Å². The lowest BCUT2D eigenvalue weighted by Crippen LogP contribution is -2.16. The van der Waals surface area contributed by atoms with E-state index in [2.05, 4.69) is 242 Å². The van der Waals surface area contributed by atoms with Gasteiger partial charge in [0.1, 0.15) is 0 Å². The summed E-state index contributed by atoms with van der Waals surface area (Å²) in [7, 11) is 0. The lowest BCUT2D eigenvalue weighted by Gasteiger charge is -2.28. The first-order chi connectivity index (χ1) is 29.8. The minimum Gasteiger partial charge on any atom is -0.416 e. The number of rotatable bonds is 8. The molecule has 8 aromatic carbocycles. The zero-order valence-electron chi connectivity index (χ0n) is 34.7. The summed E-state index contributed by atoms with van der Waals surface area (Å²) in [6, 6.07) is 69.1. The van der Waals surface area contributed by atoms with Crippen molar-refractivity contribution >= 4 is 34.1 Å². The molecule has 1 aromatic heterocycles. The van der Waals surface area contributed by atoms with Gasteiger partial charge in [0, 0.05) is 56.1 Å². The van der Waals surface area contributed by atoms with E-state index in [-0.39, 0.29) is 10.8 Å². The minimum atomic E-state index is -0.0986. The third kappa shape index (κ3) is 5.99. The maximum absolute atomic E-state index is 6.35. The Bertz CT molecular complexity index is 2870. The second kappa shape index (κ2) is 14.1. The van der Waals surface area contributed by atoms with Crippen LogP contribution in [0, 0.1) is 0 Å². The van der Waals surface area contributed by atoms with Crippen molar-refractivity contribution in [3.05, 3.63) is 216 Å². The second-order valence-electron chi connectivity index (χ2n) is 17.1. The first-order valence-electron chi connectivity index (χ1n) is 21.0. The number of anilines is 6. The summed E-state index contributed by atoms with van der Waals surface area (Å²) < 4.78 is 6.35. The van der Waals surface area contributed by atoms with Gasteiger partial charge in [0.15, 0.2) is 0 Å². The monoisotopic (exact) mass is 788 g/mol. The highest BCUT2D eigenvalue weighted by molar-refractivity contribution is 5.87. The molecule has 0 fully saturated rings. The quantitative estimate of drug-likeness (QED) is 0.153. The van der Waals surface area contributed by atoms with Crippen molar-refractivity contribution in [2.75, 3.05) is 9.80 Å². The summed E-state index contributed by atoms with van der Waals surface area (Å²) in [5, 5.41) is 9.01. The highest BCUT2D eigenvalue weighted by atomic mass is 16.4. The summed E-state index contributed by atoms with van der Waals surface area (Å²) >= 11 is 0. The predicted molar refractivity (Wildman–Crippen MR) is 250 cm³/mol. The van der Waals surface area contributed by atoms with E-state index >= 15 is 0 Å². The fraction of sp³-hybridized carbons (Fsp3) is 0.107. The Balaban J connectivity index is 0.883. The van der Waals surface area contributed by atoms with E-state index < -0.39 is 0 Å². The van der Waals surface area contributed by atoms with E-state index in [1.807, 2.05) is 0 Å². The van der Waals surface area contributed by atoms with Gasteiger partial charge < -0.3 is 14.2 Å². The van der Waals surface area contributed by atoms with Gasteiger partial charge in [0.2, 0.25) is 11.8 Å². The highest BCUT2D eigenvalue weighted by Gasteiger charge is 2.37. The topological polar surface area (TPSA) is 45.4 Å². The molecule has 0 radical (unpaired) electrons. The van der Waals surface area contributed by atoms with Crippen molar-refractivity contribution in [3.8, 4) is 45.2 Å². The second-order valence-corrected chi connectivity index (χ2v) is 17.1. The highest BCUT2D eigenvalue weighted by Crippen LogP contribution is 2.52. The van der Waals surface area contributed by atoms with Crippen LogP contribution >= 0.6 is 0 Å². The Morgan fingerprint density at radius 1 is 0.328 bits per heavy atom. The van der Waals surface area contributed by atoms with Crippen LogP contribution in [-0.2, 0) is 10.8 Å². The summed E-state index contributed by atoms with van der Waals surface area (Å²) in [6.45, 7) is 9.30. The Labute approximate surface area is 357 Å². The normalized spacial score (nSPS) is 13.8. The van der Waals surface area contributed by atoms with Gasteiger partial charge in [-0.25, -0.2) is 0 Å². The van der Waals surface area contributed by atoms with Gasteiger partial charge in [-0.2, -0.15) is 0 Å². The minimum absolute atomic E-state index is 0.0986. The molecular weight excluding hydrogens is 745 g/mol. The Morgan fingerprint density at radius 2 is 0.656 bits per heavy atom. The lowest BCUT2D eigenvalue weighted by atomic mass is 9.82. The molecule has 0 N–H and O–H groups in total. The molecule has 0 bridgehead atoms. The molecule has 9 aromatic rings. The molecule has 0 amide bonds. The van der Waals surface area contributed by atoms with E-state index in [9.17, 15) is 0 Å². The molecule has 2 aliphatic rings. The Morgan fingerprint density at radius 3 is 1.07 bits per heavy atom. The summed E-state index contributed by atoms with van der Waals surface area (Å²) in [5.74, 6) is 0.947. The number of benzene rings is 8. The molecule has 61 heavy (non-hydrogen) atoms. The van der Waals surface area contributed by atoms with Gasteiger partial charge in [0.05, 0.1) is 0 Å². The molecule has 0 atom stereocenters. The lowest BCUT2D eigenvalue weighted by molar-refractivity contribution is 0.584. The third-order valence-corrected chi connectivity index (χ3v) is 12.8. The summed E-state index contributed by atoms with van der Waals surface area (Å²) in [4.78, 5) is 4.62. The zero-order valence-corrected chi connectivity index (χ0v) is 34.7. The number of hydrogen-bond acceptors (Lipinski definition) is 5. The molecule has 294 valence electrons. The molecule has 0 aliphatic heterocycles. The molecule has 0 spiro atoms. The van der Waals surface area contributed by atoms with Gasteiger partial charge in [-0.3, -0.25) is 0 Å². The van der Waals surface area contributed by atoms with E-state index in [0.29, 0.717) is 11.8 Å². The number of fused-ring (bicyclic) bond motifs is 6. The van der Waals surface area contributed by atoms with Gasteiger partial charge >= 0.3 is 0 Å². The van der Waals surface area contributed by atoms with Crippen molar-refractivity contribution in [1.82, 2.24) is 10.2 Å². The van der Waals surface area contributed by atoms with Crippen molar-refractivity contribution in [2.24, 2.45) is 0 Å². The number of hydrogen-bond donors (Lipinski definition) is 0. The van der Waals surface area contributed by atoms with Crippen LogP contribution in [0.2, 0.25) is 0 Å². The van der Waals surface area contributed by atoms with E-state index in [0.717, 1.165) is 45.3 Å². The van der Waals surface area contributed by atoms with Gasteiger partial charge in [-0.1, -0.05) is 125 Å². The number of nitrogens with zero attached hydrogens (tertiary/aromatic N) is 4. The molecule has 5 heteroatoms. The molecule has 11 rings (SSSR count).